The van der Waals surface area contributed by atoms with Crippen molar-refractivity contribution in [1.29, 1.82) is 0 Å². The number of likely N-dealkylation sites (N-methyl/N-ethyl adjacent to an activating group) is 1. The number of β-amino-alcohol motifs (C(OH)–C–C–N with tert-alkyl or cyclic N) is 1. The van der Waals surface area contributed by atoms with Gasteiger partial charge in [-0.15, -0.1) is 0 Å². The summed E-state index contributed by atoms with van der Waals surface area (Å²) in [5.74, 6) is 0.716. The highest BCUT2D eigenvalue weighted by molar-refractivity contribution is 4.86. The van der Waals surface area contributed by atoms with Crippen LogP contribution in [0.15, 0.2) is 0 Å². The second kappa shape index (κ2) is 4.40. The van der Waals surface area contributed by atoms with Gasteiger partial charge < -0.3 is 10.0 Å². The Morgan fingerprint density at radius 2 is 2.08 bits per heavy atom. The minimum absolute atomic E-state index is 0.201. The van der Waals surface area contributed by atoms with E-state index < -0.39 is 0 Å². The van der Waals surface area contributed by atoms with E-state index in [1.165, 1.54) is 0 Å². The Balaban J connectivity index is 2.40. The van der Waals surface area contributed by atoms with Crippen molar-refractivity contribution in [3.05, 3.63) is 0 Å². The summed E-state index contributed by atoms with van der Waals surface area (Å²) in [5, 5.41) is 9.27. The fraction of sp³-hybridized carbons (Fsp3) is 1.00. The van der Waals surface area contributed by atoms with E-state index in [-0.39, 0.29) is 6.10 Å². The largest absolute Gasteiger partial charge is 0.392 e. The van der Waals surface area contributed by atoms with E-state index in [0.717, 1.165) is 19.6 Å². The first-order valence-electron chi connectivity index (χ1n) is 5.07. The molecule has 3 atom stereocenters. The van der Waals surface area contributed by atoms with Crippen LogP contribution >= 0.6 is 0 Å². The van der Waals surface area contributed by atoms with Crippen molar-refractivity contribution >= 4 is 0 Å². The highest BCUT2D eigenvalue weighted by Crippen LogP contribution is 2.19. The van der Waals surface area contributed by atoms with Gasteiger partial charge in [0, 0.05) is 25.7 Å². The van der Waals surface area contributed by atoms with E-state index in [2.05, 4.69) is 30.8 Å². The van der Waals surface area contributed by atoms with Gasteiger partial charge in [0.1, 0.15) is 0 Å². The summed E-state index contributed by atoms with van der Waals surface area (Å²) >= 11 is 0. The topological polar surface area (TPSA) is 26.7 Å². The summed E-state index contributed by atoms with van der Waals surface area (Å²) < 4.78 is 0. The minimum Gasteiger partial charge on any atom is -0.392 e. The Morgan fingerprint density at radius 3 is 2.46 bits per heavy atom. The Kier molecular flexibility index (Phi) is 3.71. The van der Waals surface area contributed by atoms with Gasteiger partial charge in [0.25, 0.3) is 0 Å². The first-order valence-corrected chi connectivity index (χ1v) is 5.07. The quantitative estimate of drug-likeness (QED) is 0.684. The van der Waals surface area contributed by atoms with Gasteiger partial charge >= 0.3 is 0 Å². The van der Waals surface area contributed by atoms with Crippen LogP contribution in [0.5, 0.6) is 0 Å². The van der Waals surface area contributed by atoms with Crippen molar-refractivity contribution in [3.63, 3.8) is 0 Å². The molecule has 13 heavy (non-hydrogen) atoms. The maximum absolute atomic E-state index is 9.27. The molecular weight excluding hydrogens is 164 g/mol. The van der Waals surface area contributed by atoms with Crippen LogP contribution < -0.4 is 0 Å². The van der Waals surface area contributed by atoms with E-state index in [9.17, 15) is 5.11 Å². The Bertz CT molecular complexity index is 159. The van der Waals surface area contributed by atoms with Crippen LogP contribution in [-0.4, -0.2) is 60.8 Å². The molecule has 1 aliphatic heterocycles. The van der Waals surface area contributed by atoms with Crippen LogP contribution in [0.4, 0.5) is 0 Å². The van der Waals surface area contributed by atoms with Gasteiger partial charge in [-0.3, -0.25) is 4.90 Å². The fourth-order valence-corrected chi connectivity index (χ4v) is 2.24. The third kappa shape index (κ3) is 2.93. The Morgan fingerprint density at radius 1 is 1.46 bits per heavy atom. The zero-order valence-electron chi connectivity index (χ0n) is 9.20. The summed E-state index contributed by atoms with van der Waals surface area (Å²) in [6, 6.07) is 0.652. The van der Waals surface area contributed by atoms with Crippen LogP contribution in [0.2, 0.25) is 0 Å². The van der Waals surface area contributed by atoms with Gasteiger partial charge in [-0.2, -0.15) is 0 Å². The molecule has 0 bridgehead atoms. The van der Waals surface area contributed by atoms with E-state index in [0.29, 0.717) is 12.0 Å². The lowest BCUT2D eigenvalue weighted by atomic mass is 10.1. The molecule has 0 aromatic rings. The minimum atomic E-state index is -0.201. The Labute approximate surface area is 81.3 Å². The molecule has 1 saturated heterocycles. The number of aliphatic hydroxyl groups is 1. The summed E-state index contributed by atoms with van der Waals surface area (Å²) in [4.78, 5) is 4.63. The van der Waals surface area contributed by atoms with Crippen LogP contribution in [0.3, 0.4) is 0 Å². The summed E-state index contributed by atoms with van der Waals surface area (Å²) in [7, 11) is 4.26. The van der Waals surface area contributed by atoms with Gasteiger partial charge in [-0.1, -0.05) is 6.92 Å². The van der Waals surface area contributed by atoms with Gasteiger partial charge in [-0.25, -0.2) is 0 Å². The molecule has 0 amide bonds. The van der Waals surface area contributed by atoms with Crippen LogP contribution in [-0.2, 0) is 0 Å². The predicted molar refractivity (Wildman–Crippen MR) is 54.8 cm³/mol. The monoisotopic (exact) mass is 186 g/mol. The molecule has 1 heterocycles. The molecule has 1 rings (SSSR count). The van der Waals surface area contributed by atoms with E-state index in [1.807, 2.05) is 6.92 Å². The lowest BCUT2D eigenvalue weighted by Crippen LogP contribution is -2.35. The average Bonchev–Trinajstić information content (AvgIpc) is 2.29. The van der Waals surface area contributed by atoms with Crippen molar-refractivity contribution in [2.45, 2.75) is 26.0 Å². The summed E-state index contributed by atoms with van der Waals surface area (Å²) in [5.41, 5.74) is 0. The van der Waals surface area contributed by atoms with Crippen molar-refractivity contribution in [1.82, 2.24) is 9.80 Å². The van der Waals surface area contributed by atoms with Crippen molar-refractivity contribution < 1.29 is 5.11 Å². The normalized spacial score (nSPS) is 32.8. The second-order valence-electron chi connectivity index (χ2n) is 4.58. The molecule has 3 heteroatoms. The maximum Gasteiger partial charge on any atom is 0.0639 e. The third-order valence-electron chi connectivity index (χ3n) is 2.83. The van der Waals surface area contributed by atoms with E-state index >= 15 is 0 Å². The number of likely N-dealkylation sites (tertiary alicyclic amines) is 1. The number of hydrogen-bond donors (Lipinski definition) is 1. The van der Waals surface area contributed by atoms with Crippen molar-refractivity contribution in [2.24, 2.45) is 5.92 Å². The number of hydrogen-bond acceptors (Lipinski definition) is 3. The van der Waals surface area contributed by atoms with Gasteiger partial charge in [0.15, 0.2) is 0 Å². The van der Waals surface area contributed by atoms with Crippen LogP contribution in [0, 0.1) is 5.92 Å². The van der Waals surface area contributed by atoms with Crippen molar-refractivity contribution in [2.75, 3.05) is 33.7 Å². The molecule has 0 aliphatic carbocycles. The lowest BCUT2D eigenvalue weighted by Gasteiger charge is -2.22. The van der Waals surface area contributed by atoms with E-state index in [1.54, 1.807) is 0 Å². The molecule has 1 fully saturated rings. The van der Waals surface area contributed by atoms with Gasteiger partial charge in [-0.05, 0) is 26.9 Å². The predicted octanol–water partition coefficient (Wildman–Crippen LogP) is 0.249. The van der Waals surface area contributed by atoms with Crippen LogP contribution in [0.1, 0.15) is 13.8 Å². The smallest absolute Gasteiger partial charge is 0.0639 e. The molecular formula is C10H22N2O. The molecule has 1 aliphatic rings. The zero-order chi connectivity index (χ0) is 10.0. The molecule has 0 aromatic heterocycles. The third-order valence-corrected chi connectivity index (χ3v) is 2.83. The highest BCUT2D eigenvalue weighted by Gasteiger charge is 2.30. The van der Waals surface area contributed by atoms with E-state index in [4.69, 9.17) is 0 Å². The fourth-order valence-electron chi connectivity index (χ4n) is 2.24. The molecule has 3 nitrogen and oxygen atoms in total. The molecule has 2 unspecified atom stereocenters. The number of aliphatic hydroxyl groups excluding tert-OH is 1. The second-order valence-corrected chi connectivity index (χ2v) is 4.58. The Hall–Kier alpha value is -0.120. The first-order chi connectivity index (χ1) is 6.00. The highest BCUT2D eigenvalue weighted by atomic mass is 16.3. The van der Waals surface area contributed by atoms with Crippen LogP contribution in [0.25, 0.3) is 0 Å². The number of rotatable bonds is 3. The van der Waals surface area contributed by atoms with Gasteiger partial charge in [0.05, 0.1) is 6.10 Å². The molecule has 0 saturated carbocycles. The average molecular weight is 186 g/mol. The maximum atomic E-state index is 9.27. The zero-order valence-corrected chi connectivity index (χ0v) is 9.20. The molecule has 0 aromatic carbocycles. The standard InChI is InChI=1S/C10H22N2O/c1-8-5-12(6-9(2)13)7-10(8)11(3)4/h8-10,13H,5-7H2,1-4H3/t8?,9-,10?/m0/s1. The SMILES string of the molecule is CC1CN(C[C@H](C)O)CC1N(C)C. The molecule has 78 valence electrons. The molecule has 1 N–H and O–H groups in total. The first kappa shape index (κ1) is 11.0. The van der Waals surface area contributed by atoms with Crippen molar-refractivity contribution in [3.8, 4) is 0 Å². The summed E-state index contributed by atoms with van der Waals surface area (Å²) in [6.45, 7) is 7.17. The molecule has 0 radical (unpaired) electrons. The summed E-state index contributed by atoms with van der Waals surface area (Å²) in [6.07, 6.45) is -0.201. The lowest BCUT2D eigenvalue weighted by molar-refractivity contribution is 0.136. The van der Waals surface area contributed by atoms with Gasteiger partial charge in [0.2, 0.25) is 0 Å². The number of nitrogens with zero attached hydrogens (tertiary/aromatic N) is 2. The molecule has 0 spiro atoms.